The van der Waals surface area contributed by atoms with Crippen LogP contribution in [0, 0.1) is 0 Å². The van der Waals surface area contributed by atoms with Crippen molar-refractivity contribution in [2.24, 2.45) is 0 Å². The highest BCUT2D eigenvalue weighted by molar-refractivity contribution is 7.99. The number of rotatable bonds is 3. The van der Waals surface area contributed by atoms with Crippen molar-refractivity contribution >= 4 is 17.8 Å². The van der Waals surface area contributed by atoms with E-state index in [1.54, 1.807) is 4.90 Å². The minimum atomic E-state index is -4.92. The van der Waals surface area contributed by atoms with Crippen LogP contribution in [-0.2, 0) is 12.4 Å². The lowest BCUT2D eigenvalue weighted by Crippen LogP contribution is -2.51. The van der Waals surface area contributed by atoms with Crippen molar-refractivity contribution < 1.29 is 31.1 Å². The molecule has 180 valence electrons. The first kappa shape index (κ1) is 25.0. The van der Waals surface area contributed by atoms with Crippen LogP contribution in [0.15, 0.2) is 18.2 Å². The van der Waals surface area contributed by atoms with E-state index < -0.39 is 35.6 Å². The van der Waals surface area contributed by atoms with Gasteiger partial charge in [0.25, 0.3) is 0 Å². The Bertz CT molecular complexity index is 769. The molecule has 2 aliphatic heterocycles. The van der Waals surface area contributed by atoms with Crippen LogP contribution < -0.4 is 0 Å². The molecule has 0 spiro atoms. The van der Waals surface area contributed by atoms with E-state index in [2.05, 4.69) is 4.90 Å². The van der Waals surface area contributed by atoms with Gasteiger partial charge >= 0.3 is 18.4 Å². The third kappa shape index (κ3) is 5.84. The van der Waals surface area contributed by atoms with E-state index in [0.29, 0.717) is 31.3 Å². The molecule has 2 heterocycles. The monoisotopic (exact) mass is 483 g/mol. The molecule has 3 rings (SSSR count). The Morgan fingerprint density at radius 2 is 1.47 bits per heavy atom. The molecule has 32 heavy (non-hydrogen) atoms. The first-order valence-electron chi connectivity index (χ1n) is 10.5. The summed E-state index contributed by atoms with van der Waals surface area (Å²) in [7, 11) is 1.41. The molecular weight excluding hydrogens is 456 g/mol. The maximum absolute atomic E-state index is 13.2. The fraction of sp³-hybridized carbons (Fsp3) is 0.667. The highest BCUT2D eigenvalue weighted by Gasteiger charge is 2.38. The Morgan fingerprint density at radius 3 is 1.94 bits per heavy atom. The van der Waals surface area contributed by atoms with Gasteiger partial charge in [-0.3, -0.25) is 4.90 Å². The summed E-state index contributed by atoms with van der Waals surface area (Å²) < 4.78 is 79.1. The zero-order valence-corrected chi connectivity index (χ0v) is 18.8. The van der Waals surface area contributed by atoms with Crippen LogP contribution >= 0.6 is 11.8 Å². The van der Waals surface area contributed by atoms with E-state index in [0.717, 1.165) is 37.4 Å². The van der Waals surface area contributed by atoms with Gasteiger partial charge in [0.05, 0.1) is 17.2 Å². The van der Waals surface area contributed by atoms with E-state index in [1.165, 1.54) is 18.9 Å². The topological polar surface area (TPSA) is 26.8 Å². The summed E-state index contributed by atoms with van der Waals surface area (Å²) in [5.41, 5.74) is -2.96. The molecule has 0 N–H and O–H groups in total. The number of likely N-dealkylation sites (tertiary alicyclic amines) is 1. The molecule has 0 unspecified atom stereocenters. The first-order valence-corrected chi connectivity index (χ1v) is 11.7. The summed E-state index contributed by atoms with van der Waals surface area (Å²) >= 11 is 1.92. The molecule has 0 radical (unpaired) electrons. The van der Waals surface area contributed by atoms with Crippen LogP contribution in [-0.4, -0.2) is 71.5 Å². The Hall–Kier alpha value is -1.62. The maximum atomic E-state index is 13.2. The van der Waals surface area contributed by atoms with Crippen molar-refractivity contribution in [2.75, 3.05) is 44.7 Å². The third-order valence-electron chi connectivity index (χ3n) is 6.27. The van der Waals surface area contributed by atoms with E-state index in [4.69, 9.17) is 0 Å². The molecule has 0 aromatic heterocycles. The Balaban J connectivity index is 1.71. The quantitative estimate of drug-likeness (QED) is 0.543. The molecule has 0 aliphatic carbocycles. The summed E-state index contributed by atoms with van der Waals surface area (Å²) in [6.45, 7) is 4.52. The second kappa shape index (κ2) is 9.70. The highest BCUT2D eigenvalue weighted by Crippen LogP contribution is 2.38. The van der Waals surface area contributed by atoms with Gasteiger partial charge in [0.15, 0.2) is 0 Å². The molecule has 1 aromatic rings. The lowest BCUT2D eigenvalue weighted by molar-refractivity contribution is -0.143. The highest BCUT2D eigenvalue weighted by atomic mass is 32.2. The largest absolute Gasteiger partial charge is 0.416 e. The zero-order valence-electron chi connectivity index (χ0n) is 18.0. The summed E-state index contributed by atoms with van der Waals surface area (Å²) in [4.78, 5) is 18.2. The lowest BCUT2D eigenvalue weighted by Gasteiger charge is -2.41. The predicted molar refractivity (Wildman–Crippen MR) is 112 cm³/mol. The Kier molecular flexibility index (Phi) is 7.59. The van der Waals surface area contributed by atoms with Gasteiger partial charge in [-0.05, 0) is 43.5 Å². The Morgan fingerprint density at radius 1 is 0.969 bits per heavy atom. The maximum Gasteiger partial charge on any atom is 0.416 e. The van der Waals surface area contributed by atoms with Gasteiger partial charge in [0, 0.05) is 50.8 Å². The molecule has 1 atom stereocenters. The normalized spacial score (nSPS) is 20.3. The zero-order chi connectivity index (χ0) is 23.7. The number of halogens is 6. The average molecular weight is 484 g/mol. The lowest BCUT2D eigenvalue weighted by atomic mass is 9.99. The fourth-order valence-corrected chi connectivity index (χ4v) is 5.13. The van der Waals surface area contributed by atoms with Gasteiger partial charge in [-0.25, -0.2) is 4.79 Å². The SMILES string of the molecule is C[C@H](c1cc(C(F)(F)F)cc(C(F)(F)F)c1)N(C)C(=O)N1CCC(N2CCSCC2)CC1. The molecule has 0 bridgehead atoms. The summed E-state index contributed by atoms with van der Waals surface area (Å²) in [6, 6.07) is 0.524. The predicted octanol–water partition coefficient (Wildman–Crippen LogP) is 5.35. The van der Waals surface area contributed by atoms with Crippen LogP contribution in [0.1, 0.15) is 42.5 Å². The van der Waals surface area contributed by atoms with Crippen molar-refractivity contribution in [3.05, 3.63) is 34.9 Å². The smallest absolute Gasteiger partial charge is 0.325 e. The standard InChI is InChI=1S/C21H27F6N3OS/c1-14(15-11-16(20(22,23)24)13-17(12-15)21(25,26)27)28(2)19(31)30-5-3-18(4-6-30)29-7-9-32-10-8-29/h11-14,18H,3-10H2,1-2H3/t14-/m1/s1. The van der Waals surface area contributed by atoms with Gasteiger partial charge < -0.3 is 9.80 Å². The van der Waals surface area contributed by atoms with E-state index in [1.807, 2.05) is 11.8 Å². The van der Waals surface area contributed by atoms with Gasteiger partial charge in [0.2, 0.25) is 0 Å². The van der Waals surface area contributed by atoms with Gasteiger partial charge in [-0.15, -0.1) is 0 Å². The minimum Gasteiger partial charge on any atom is -0.325 e. The summed E-state index contributed by atoms with van der Waals surface area (Å²) in [5.74, 6) is 2.19. The van der Waals surface area contributed by atoms with Crippen LogP contribution in [0.2, 0.25) is 0 Å². The fourth-order valence-electron chi connectivity index (χ4n) is 4.20. The van der Waals surface area contributed by atoms with Gasteiger partial charge in [0.1, 0.15) is 0 Å². The number of carbonyl (C=O) groups excluding carboxylic acids is 1. The molecule has 2 amide bonds. The molecule has 2 aliphatic rings. The van der Waals surface area contributed by atoms with E-state index >= 15 is 0 Å². The van der Waals surface area contributed by atoms with Crippen molar-refractivity contribution in [3.8, 4) is 0 Å². The molecular formula is C21H27F6N3OS. The summed E-state index contributed by atoms with van der Waals surface area (Å²) in [5, 5.41) is 0. The summed E-state index contributed by atoms with van der Waals surface area (Å²) in [6.07, 6.45) is -8.24. The van der Waals surface area contributed by atoms with E-state index in [-0.39, 0.29) is 11.6 Å². The minimum absolute atomic E-state index is 0.0991. The average Bonchev–Trinajstić information content (AvgIpc) is 2.77. The van der Waals surface area contributed by atoms with Crippen LogP contribution in [0.4, 0.5) is 31.1 Å². The number of alkyl halides is 6. The number of hydrogen-bond donors (Lipinski definition) is 0. The second-order valence-electron chi connectivity index (χ2n) is 8.28. The van der Waals surface area contributed by atoms with Crippen molar-refractivity contribution in [3.63, 3.8) is 0 Å². The van der Waals surface area contributed by atoms with Crippen LogP contribution in [0.3, 0.4) is 0 Å². The van der Waals surface area contributed by atoms with Gasteiger partial charge in [-0.1, -0.05) is 0 Å². The van der Waals surface area contributed by atoms with Crippen LogP contribution in [0.5, 0.6) is 0 Å². The molecule has 2 saturated heterocycles. The molecule has 1 aromatic carbocycles. The number of carbonyl (C=O) groups is 1. The van der Waals surface area contributed by atoms with Gasteiger partial charge in [-0.2, -0.15) is 38.1 Å². The Labute approximate surface area is 187 Å². The van der Waals surface area contributed by atoms with Crippen molar-refractivity contribution in [1.82, 2.24) is 14.7 Å². The number of amides is 2. The number of piperidine rings is 1. The molecule has 2 fully saturated rings. The number of thioether (sulfide) groups is 1. The molecule has 4 nitrogen and oxygen atoms in total. The number of nitrogens with zero attached hydrogens (tertiary/aromatic N) is 3. The molecule has 0 saturated carbocycles. The van der Waals surface area contributed by atoms with Crippen LogP contribution in [0.25, 0.3) is 0 Å². The molecule has 11 heteroatoms. The third-order valence-corrected chi connectivity index (χ3v) is 7.21. The van der Waals surface area contributed by atoms with E-state index in [9.17, 15) is 31.1 Å². The number of hydrogen-bond acceptors (Lipinski definition) is 3. The van der Waals surface area contributed by atoms with Crippen molar-refractivity contribution in [2.45, 2.75) is 44.2 Å². The number of benzene rings is 1. The first-order chi connectivity index (χ1) is 14.9. The van der Waals surface area contributed by atoms with Crippen molar-refractivity contribution in [1.29, 1.82) is 0 Å². The second-order valence-corrected chi connectivity index (χ2v) is 9.50. The number of urea groups is 1.